The molecule has 0 saturated heterocycles. The van der Waals surface area contributed by atoms with Crippen LogP contribution in [0.2, 0.25) is 0 Å². The maximum atomic E-state index is 3.21. The normalized spacial score (nSPS) is 8.70. The fourth-order valence-corrected chi connectivity index (χ4v) is 1.11. The van der Waals surface area contributed by atoms with Crippen LogP contribution in [0, 0.1) is 26.8 Å². The minimum Gasteiger partial charge on any atom is -0.177 e. The molecule has 0 aliphatic rings. The fraction of sp³-hybridized carbons (Fsp3) is 0.333. The predicted molar refractivity (Wildman–Crippen MR) is 39.5 cm³/mol. The van der Waals surface area contributed by atoms with Crippen molar-refractivity contribution in [2.24, 2.45) is 0 Å². The second-order valence-electron chi connectivity index (χ2n) is 2.52. The summed E-state index contributed by atoms with van der Waals surface area (Å²) in [5.41, 5.74) is 3.78. The van der Waals surface area contributed by atoms with Crippen LogP contribution in [0.15, 0.2) is 12.1 Å². The molecule has 1 rings (SSSR count). The van der Waals surface area contributed by atoms with Gasteiger partial charge in [0.1, 0.15) is 0 Å². The van der Waals surface area contributed by atoms with Crippen LogP contribution in [0.5, 0.6) is 0 Å². The van der Waals surface area contributed by atoms with E-state index in [0.29, 0.717) is 0 Å². The van der Waals surface area contributed by atoms with Gasteiger partial charge >= 0.3 is 0 Å². The van der Waals surface area contributed by atoms with Crippen LogP contribution in [0.25, 0.3) is 0 Å². The van der Waals surface area contributed by atoms with E-state index in [0.717, 1.165) is 0 Å². The van der Waals surface area contributed by atoms with Crippen molar-refractivity contribution in [1.29, 1.82) is 0 Å². The molecule has 0 unspecified atom stereocenters. The molecular formula is C9H11Fe-. The molecule has 0 amide bonds. The molecule has 0 bridgehead atoms. The monoisotopic (exact) mass is 175 g/mol. The Hall–Kier alpha value is -0.261. The SMILES string of the molecule is Cc1[c-]c(C)cc(C)c1.[Fe]. The third kappa shape index (κ3) is 2.55. The maximum absolute atomic E-state index is 3.21. The first-order valence-electron chi connectivity index (χ1n) is 3.15. The summed E-state index contributed by atoms with van der Waals surface area (Å²) in [6.07, 6.45) is 0. The summed E-state index contributed by atoms with van der Waals surface area (Å²) in [6.45, 7) is 6.24. The fourth-order valence-electron chi connectivity index (χ4n) is 1.11. The van der Waals surface area contributed by atoms with Crippen molar-refractivity contribution in [3.8, 4) is 0 Å². The van der Waals surface area contributed by atoms with Crippen molar-refractivity contribution in [2.45, 2.75) is 20.8 Å². The average molecular weight is 175 g/mol. The Morgan fingerprint density at radius 2 is 1.40 bits per heavy atom. The number of rotatable bonds is 0. The largest absolute Gasteiger partial charge is 0.177 e. The van der Waals surface area contributed by atoms with Gasteiger partial charge < -0.3 is 0 Å². The van der Waals surface area contributed by atoms with E-state index in [9.17, 15) is 0 Å². The quantitative estimate of drug-likeness (QED) is 0.419. The summed E-state index contributed by atoms with van der Waals surface area (Å²) in [4.78, 5) is 0. The standard InChI is InChI=1S/C9H11.Fe/c1-7-4-8(2)6-9(3)5-7;/h4-5H,1-3H3;/q-1;. The first kappa shape index (κ1) is 9.74. The minimum absolute atomic E-state index is 0. The van der Waals surface area contributed by atoms with Crippen LogP contribution >= 0.6 is 0 Å². The maximum Gasteiger partial charge on any atom is 0 e. The molecule has 56 valence electrons. The van der Waals surface area contributed by atoms with E-state index in [1.54, 1.807) is 0 Å². The van der Waals surface area contributed by atoms with Crippen molar-refractivity contribution in [1.82, 2.24) is 0 Å². The molecule has 0 aromatic heterocycles. The molecule has 0 atom stereocenters. The summed E-state index contributed by atoms with van der Waals surface area (Å²) in [6, 6.07) is 7.47. The molecule has 0 saturated carbocycles. The van der Waals surface area contributed by atoms with Gasteiger partial charge in [0.05, 0.1) is 0 Å². The Morgan fingerprint density at radius 3 is 1.70 bits per heavy atom. The smallest absolute Gasteiger partial charge is 0 e. The Balaban J connectivity index is 0.000000810. The molecule has 0 fully saturated rings. The van der Waals surface area contributed by atoms with Gasteiger partial charge in [-0.3, -0.25) is 0 Å². The van der Waals surface area contributed by atoms with Gasteiger partial charge in [-0.25, -0.2) is 0 Å². The summed E-state index contributed by atoms with van der Waals surface area (Å²) in [5, 5.41) is 0. The second kappa shape index (κ2) is 3.80. The molecule has 1 heteroatoms. The molecule has 0 N–H and O–H groups in total. The van der Waals surface area contributed by atoms with Gasteiger partial charge in [0.2, 0.25) is 0 Å². The molecule has 1 aromatic carbocycles. The Morgan fingerprint density at radius 1 is 1.00 bits per heavy atom. The van der Waals surface area contributed by atoms with E-state index >= 15 is 0 Å². The Kier molecular flexibility index (Phi) is 3.70. The molecule has 0 aliphatic carbocycles. The molecule has 0 radical (unpaired) electrons. The summed E-state index contributed by atoms with van der Waals surface area (Å²) < 4.78 is 0. The van der Waals surface area contributed by atoms with Crippen molar-refractivity contribution in [3.63, 3.8) is 0 Å². The van der Waals surface area contributed by atoms with Gasteiger partial charge in [-0.2, -0.15) is 34.9 Å². The first-order valence-corrected chi connectivity index (χ1v) is 3.15. The van der Waals surface area contributed by atoms with E-state index in [2.05, 4.69) is 39.0 Å². The van der Waals surface area contributed by atoms with Crippen molar-refractivity contribution < 1.29 is 17.1 Å². The van der Waals surface area contributed by atoms with Gasteiger partial charge in [-0.1, -0.05) is 20.8 Å². The molecule has 10 heavy (non-hydrogen) atoms. The van der Waals surface area contributed by atoms with E-state index in [-0.39, 0.29) is 17.1 Å². The third-order valence-electron chi connectivity index (χ3n) is 1.28. The zero-order valence-corrected chi connectivity index (χ0v) is 7.61. The van der Waals surface area contributed by atoms with Crippen molar-refractivity contribution in [2.75, 3.05) is 0 Å². The molecule has 0 spiro atoms. The predicted octanol–water partition coefficient (Wildman–Crippen LogP) is 2.41. The average Bonchev–Trinajstić information content (AvgIpc) is 1.59. The van der Waals surface area contributed by atoms with Crippen LogP contribution in [0.1, 0.15) is 16.7 Å². The molecule has 0 nitrogen and oxygen atoms in total. The second-order valence-corrected chi connectivity index (χ2v) is 2.52. The van der Waals surface area contributed by atoms with Gasteiger partial charge in [-0.05, 0) is 0 Å². The van der Waals surface area contributed by atoms with Crippen LogP contribution in [-0.2, 0) is 17.1 Å². The molecule has 0 heterocycles. The van der Waals surface area contributed by atoms with Crippen LogP contribution in [0.3, 0.4) is 0 Å². The summed E-state index contributed by atoms with van der Waals surface area (Å²) in [7, 11) is 0. The number of aryl methyl sites for hydroxylation is 3. The number of hydrogen-bond acceptors (Lipinski definition) is 0. The summed E-state index contributed by atoms with van der Waals surface area (Å²) >= 11 is 0. The van der Waals surface area contributed by atoms with Crippen molar-refractivity contribution >= 4 is 0 Å². The van der Waals surface area contributed by atoms with Gasteiger partial charge in [0, 0.05) is 17.1 Å². The van der Waals surface area contributed by atoms with Gasteiger partial charge in [-0.15, -0.1) is 0 Å². The number of benzene rings is 1. The summed E-state index contributed by atoms with van der Waals surface area (Å²) in [5.74, 6) is 0. The van der Waals surface area contributed by atoms with E-state index in [1.165, 1.54) is 16.7 Å². The molecular weight excluding hydrogens is 164 g/mol. The van der Waals surface area contributed by atoms with Crippen LogP contribution in [-0.4, -0.2) is 0 Å². The van der Waals surface area contributed by atoms with E-state index < -0.39 is 0 Å². The zero-order chi connectivity index (χ0) is 6.85. The minimum atomic E-state index is 0. The molecule has 0 aliphatic heterocycles. The van der Waals surface area contributed by atoms with E-state index in [1.807, 2.05) is 0 Å². The molecule has 1 aromatic rings. The number of hydrogen-bond donors (Lipinski definition) is 0. The third-order valence-corrected chi connectivity index (χ3v) is 1.28. The Bertz CT molecular complexity index is 165. The topological polar surface area (TPSA) is 0 Å². The van der Waals surface area contributed by atoms with Crippen molar-refractivity contribution in [3.05, 3.63) is 34.9 Å². The first-order chi connectivity index (χ1) is 4.18. The van der Waals surface area contributed by atoms with Crippen LogP contribution < -0.4 is 0 Å². The van der Waals surface area contributed by atoms with Crippen LogP contribution in [0.4, 0.5) is 0 Å². The van der Waals surface area contributed by atoms with E-state index in [4.69, 9.17) is 0 Å². The zero-order valence-electron chi connectivity index (χ0n) is 6.51. The van der Waals surface area contributed by atoms with Gasteiger partial charge in [0.25, 0.3) is 0 Å². The Labute approximate surface area is 73.1 Å². The van der Waals surface area contributed by atoms with Gasteiger partial charge in [0.15, 0.2) is 0 Å².